The number of carbonyl (C=O) groups excluding carboxylic acids is 2. The number of hydrogen-bond acceptors (Lipinski definition) is 4. The first-order valence-electron chi connectivity index (χ1n) is 8.18. The van der Waals surface area contributed by atoms with Gasteiger partial charge in [-0.2, -0.15) is 0 Å². The second kappa shape index (κ2) is 8.83. The van der Waals surface area contributed by atoms with Gasteiger partial charge in [-0.05, 0) is 45.3 Å². The van der Waals surface area contributed by atoms with Crippen LogP contribution >= 0.6 is 0 Å². The van der Waals surface area contributed by atoms with Crippen molar-refractivity contribution in [3.8, 4) is 0 Å². The monoisotopic (exact) mass is 398 g/mol. The minimum Gasteiger partial charge on any atom is -0.451 e. The lowest BCUT2D eigenvalue weighted by Crippen LogP contribution is -2.36. The molecule has 0 fully saturated rings. The molecule has 5 nitrogen and oxygen atoms in total. The van der Waals surface area contributed by atoms with Crippen LogP contribution in [0.2, 0.25) is 0 Å². The molecule has 1 amide bonds. The number of anilines is 1. The van der Waals surface area contributed by atoms with E-state index in [0.29, 0.717) is 0 Å². The van der Waals surface area contributed by atoms with Crippen molar-refractivity contribution in [3.63, 3.8) is 0 Å². The predicted octanol–water partition coefficient (Wildman–Crippen LogP) is 3.42. The second-order valence-electron chi connectivity index (χ2n) is 6.19. The molecule has 0 heterocycles. The van der Waals surface area contributed by atoms with Crippen LogP contribution in [0.25, 0.3) is 0 Å². The van der Waals surface area contributed by atoms with Crippen LogP contribution in [0.15, 0.2) is 36.4 Å². The molecule has 2 aromatic rings. The maximum atomic E-state index is 14.1. The molecule has 0 radical (unpaired) electrons. The van der Waals surface area contributed by atoms with E-state index in [4.69, 9.17) is 4.74 Å². The van der Waals surface area contributed by atoms with Crippen molar-refractivity contribution in [1.29, 1.82) is 0 Å². The Morgan fingerprint density at radius 2 is 1.61 bits per heavy atom. The number of ether oxygens (including phenoxy) is 1. The fourth-order valence-corrected chi connectivity index (χ4v) is 2.48. The summed E-state index contributed by atoms with van der Waals surface area (Å²) in [6.07, 6.45) is -1.44. The van der Waals surface area contributed by atoms with Gasteiger partial charge >= 0.3 is 5.97 Å². The van der Waals surface area contributed by atoms with Crippen LogP contribution < -0.4 is 5.32 Å². The molecule has 2 atom stereocenters. The molecular weight excluding hydrogens is 380 g/mol. The van der Waals surface area contributed by atoms with Gasteiger partial charge in [-0.15, -0.1) is 0 Å². The maximum Gasteiger partial charge on any atom is 0.328 e. The van der Waals surface area contributed by atoms with E-state index in [2.05, 4.69) is 5.32 Å². The third-order valence-corrected chi connectivity index (χ3v) is 3.86. The summed E-state index contributed by atoms with van der Waals surface area (Å²) in [5, 5.41) is 2.09. The highest BCUT2D eigenvalue weighted by molar-refractivity contribution is 5.95. The van der Waals surface area contributed by atoms with Crippen molar-refractivity contribution in [2.45, 2.75) is 19.1 Å². The van der Waals surface area contributed by atoms with E-state index in [9.17, 15) is 27.2 Å². The number of nitrogens with zero attached hydrogens (tertiary/aromatic N) is 1. The zero-order valence-corrected chi connectivity index (χ0v) is 15.3. The average Bonchev–Trinajstić information content (AvgIpc) is 2.60. The molecule has 1 N–H and O–H groups in total. The lowest BCUT2D eigenvalue weighted by Gasteiger charge is -2.25. The van der Waals surface area contributed by atoms with Gasteiger partial charge in [-0.1, -0.05) is 6.07 Å². The summed E-state index contributed by atoms with van der Waals surface area (Å²) in [6.45, 7) is 1.19. The second-order valence-corrected chi connectivity index (χ2v) is 6.19. The van der Waals surface area contributed by atoms with Crippen molar-refractivity contribution >= 4 is 17.6 Å². The zero-order chi connectivity index (χ0) is 21.0. The van der Waals surface area contributed by atoms with Crippen molar-refractivity contribution in [2.75, 3.05) is 19.4 Å². The Bertz CT molecular complexity index is 869. The predicted molar refractivity (Wildman–Crippen MR) is 93.3 cm³/mol. The van der Waals surface area contributed by atoms with Gasteiger partial charge in [-0.25, -0.2) is 22.4 Å². The highest BCUT2D eigenvalue weighted by Gasteiger charge is 2.32. The number of carbonyl (C=O) groups is 2. The molecular formula is C19H18F4N2O3. The van der Waals surface area contributed by atoms with Gasteiger partial charge in [0.25, 0.3) is 5.91 Å². The number of halogens is 4. The Kier molecular flexibility index (Phi) is 6.74. The normalized spacial score (nSPS) is 13.1. The Morgan fingerprint density at radius 3 is 2.18 bits per heavy atom. The van der Waals surface area contributed by atoms with Crippen molar-refractivity contribution in [2.24, 2.45) is 0 Å². The standard InChI is InChI=1S/C19H18F4N2O3/c1-10(18(26)24-15-9-11(20)7-8-12(15)21)28-19(27)17(25(2)3)16-13(22)5-4-6-14(16)23/h4-10,17H,1-3H3,(H,24,26)/t10-,17+/m1/s1. The van der Waals surface area contributed by atoms with Gasteiger partial charge in [0.05, 0.1) is 11.3 Å². The summed E-state index contributed by atoms with van der Waals surface area (Å²) in [7, 11) is 2.81. The van der Waals surface area contributed by atoms with E-state index < -0.39 is 58.5 Å². The van der Waals surface area contributed by atoms with Crippen LogP contribution in [0, 0.1) is 23.3 Å². The minimum absolute atomic E-state index is 0.433. The van der Waals surface area contributed by atoms with E-state index in [1.165, 1.54) is 25.9 Å². The highest BCUT2D eigenvalue weighted by atomic mass is 19.1. The van der Waals surface area contributed by atoms with E-state index in [1.807, 2.05) is 0 Å². The van der Waals surface area contributed by atoms with E-state index in [-0.39, 0.29) is 0 Å². The molecule has 0 aliphatic rings. The Morgan fingerprint density at radius 1 is 1.00 bits per heavy atom. The quantitative estimate of drug-likeness (QED) is 0.599. The molecule has 0 aliphatic heterocycles. The number of amides is 1. The molecule has 0 spiro atoms. The molecule has 9 heteroatoms. The van der Waals surface area contributed by atoms with E-state index in [0.717, 1.165) is 36.4 Å². The SMILES string of the molecule is C[C@@H](OC(=O)[C@H](c1c(F)cccc1F)N(C)C)C(=O)Nc1cc(F)ccc1F. The van der Waals surface area contributed by atoms with Gasteiger partial charge in [0.2, 0.25) is 0 Å². The highest BCUT2D eigenvalue weighted by Crippen LogP contribution is 2.26. The molecule has 0 saturated carbocycles. The fraction of sp³-hybridized carbons (Fsp3) is 0.263. The number of likely N-dealkylation sites (N-methyl/N-ethyl adjacent to an activating group) is 1. The smallest absolute Gasteiger partial charge is 0.328 e. The van der Waals surface area contributed by atoms with Gasteiger partial charge in [0.1, 0.15) is 29.3 Å². The van der Waals surface area contributed by atoms with Crippen LogP contribution in [0.5, 0.6) is 0 Å². The molecule has 2 aromatic carbocycles. The lowest BCUT2D eigenvalue weighted by atomic mass is 10.0. The lowest BCUT2D eigenvalue weighted by molar-refractivity contribution is -0.158. The van der Waals surface area contributed by atoms with Crippen LogP contribution in [0.3, 0.4) is 0 Å². The van der Waals surface area contributed by atoms with Gasteiger partial charge < -0.3 is 10.1 Å². The number of hydrogen-bond donors (Lipinski definition) is 1. The van der Waals surface area contributed by atoms with Crippen LogP contribution in [0.4, 0.5) is 23.2 Å². The Labute approximate surface area is 158 Å². The average molecular weight is 398 g/mol. The summed E-state index contributed by atoms with van der Waals surface area (Å²) in [6, 6.07) is 4.14. The summed E-state index contributed by atoms with van der Waals surface area (Å²) < 4.78 is 59.9. The first-order chi connectivity index (χ1) is 13.1. The van der Waals surface area contributed by atoms with Crippen LogP contribution in [-0.2, 0) is 14.3 Å². The summed E-state index contributed by atoms with van der Waals surface area (Å²) >= 11 is 0. The maximum absolute atomic E-state index is 14.1. The van der Waals surface area contributed by atoms with Gasteiger partial charge in [0.15, 0.2) is 6.10 Å². The number of nitrogens with one attached hydrogen (secondary N) is 1. The molecule has 28 heavy (non-hydrogen) atoms. The largest absolute Gasteiger partial charge is 0.451 e. The van der Waals surface area contributed by atoms with E-state index in [1.54, 1.807) is 0 Å². The van der Waals surface area contributed by atoms with Crippen LogP contribution in [-0.4, -0.2) is 37.0 Å². The summed E-state index contributed by atoms with van der Waals surface area (Å²) in [5.74, 6) is -5.58. The van der Waals surface area contributed by atoms with Crippen molar-refractivity contribution in [3.05, 3.63) is 65.2 Å². The number of esters is 1. The molecule has 0 unspecified atom stereocenters. The Balaban J connectivity index is 2.16. The summed E-state index contributed by atoms with van der Waals surface area (Å²) in [5.41, 5.74) is -0.960. The van der Waals surface area contributed by atoms with Gasteiger partial charge in [-0.3, -0.25) is 9.69 Å². The first kappa shape index (κ1) is 21.4. The molecule has 0 aromatic heterocycles. The fourth-order valence-electron chi connectivity index (χ4n) is 2.48. The van der Waals surface area contributed by atoms with Crippen LogP contribution in [0.1, 0.15) is 18.5 Å². The van der Waals surface area contributed by atoms with Crippen molar-refractivity contribution in [1.82, 2.24) is 4.90 Å². The molecule has 2 rings (SSSR count). The minimum atomic E-state index is -1.46. The summed E-state index contributed by atoms with van der Waals surface area (Å²) in [4.78, 5) is 25.8. The third-order valence-electron chi connectivity index (χ3n) is 3.86. The molecule has 150 valence electrons. The van der Waals surface area contributed by atoms with Gasteiger partial charge in [0, 0.05) is 6.07 Å². The van der Waals surface area contributed by atoms with Crippen molar-refractivity contribution < 1.29 is 31.9 Å². The zero-order valence-electron chi connectivity index (χ0n) is 15.3. The van der Waals surface area contributed by atoms with E-state index >= 15 is 0 Å². The first-order valence-corrected chi connectivity index (χ1v) is 8.18. The third kappa shape index (κ3) is 4.86. The molecule has 0 aliphatic carbocycles. The Hall–Kier alpha value is -2.94. The topological polar surface area (TPSA) is 58.6 Å². The number of benzene rings is 2. The molecule has 0 saturated heterocycles. The number of rotatable bonds is 6. The molecule has 0 bridgehead atoms.